The molecule has 0 radical (unpaired) electrons. The number of carbonyl (C=O) groups is 2. The Kier molecular flexibility index (Phi) is 8.72. The molecule has 45 heavy (non-hydrogen) atoms. The summed E-state index contributed by atoms with van der Waals surface area (Å²) in [6.45, 7) is 12.8. The van der Waals surface area contributed by atoms with Crippen LogP contribution in [0.4, 0.5) is 33.5 Å². The number of rotatable bonds is 6. The summed E-state index contributed by atoms with van der Waals surface area (Å²) in [5.74, 6) is 0.876. The standard InChI is InChI=1S/C32H40N8O5/c1-21-26(18-33-29-28(21)40(13-16-44-29)31(42)45-32(2,3)4)39-10-9-22-17-34-30(37-25(22)19-39)36-24-7-5-23(6-8-24)35-27(41)20-38-11-14-43-15-12-38/h5-8,17-18H,9-16,19-20H2,1-4H3,(H,35,41)(H,34,36,37). The van der Waals surface area contributed by atoms with Gasteiger partial charge in [0, 0.05) is 42.8 Å². The van der Waals surface area contributed by atoms with E-state index in [9.17, 15) is 9.59 Å². The minimum atomic E-state index is -0.613. The van der Waals surface area contributed by atoms with Crippen LogP contribution in [-0.2, 0) is 27.2 Å². The highest BCUT2D eigenvalue weighted by Gasteiger charge is 2.33. The Morgan fingerprint density at radius 1 is 0.978 bits per heavy atom. The molecule has 0 aliphatic carbocycles. The Balaban J connectivity index is 1.12. The fourth-order valence-corrected chi connectivity index (χ4v) is 5.64. The first kappa shape index (κ1) is 30.5. The SMILES string of the molecule is Cc1c(N2CCc3cnc(Nc4ccc(NC(=O)CN5CCOCC5)cc4)nc3C2)cnc2c1N(C(=O)OC(C)(C)C)CCO2. The van der Waals surface area contributed by atoms with Crippen molar-refractivity contribution in [1.29, 1.82) is 0 Å². The summed E-state index contributed by atoms with van der Waals surface area (Å²) in [7, 11) is 0. The first-order valence-corrected chi connectivity index (χ1v) is 15.3. The predicted molar refractivity (Wildman–Crippen MR) is 170 cm³/mol. The van der Waals surface area contributed by atoms with Crippen molar-refractivity contribution in [2.75, 3.05) is 73.0 Å². The topological polar surface area (TPSA) is 134 Å². The second-order valence-electron chi connectivity index (χ2n) is 12.4. The third-order valence-corrected chi connectivity index (χ3v) is 7.87. The summed E-state index contributed by atoms with van der Waals surface area (Å²) in [5.41, 5.74) is 5.40. The number of hydrogen-bond donors (Lipinski definition) is 2. The summed E-state index contributed by atoms with van der Waals surface area (Å²) in [6, 6.07) is 7.49. The van der Waals surface area contributed by atoms with E-state index in [-0.39, 0.29) is 5.91 Å². The summed E-state index contributed by atoms with van der Waals surface area (Å²) in [4.78, 5) is 45.4. The molecule has 5 heterocycles. The Morgan fingerprint density at radius 2 is 1.73 bits per heavy atom. The zero-order chi connectivity index (χ0) is 31.6. The molecule has 6 rings (SSSR count). The van der Waals surface area contributed by atoms with Crippen LogP contribution in [0, 0.1) is 6.92 Å². The van der Waals surface area contributed by atoms with Crippen molar-refractivity contribution in [1.82, 2.24) is 19.9 Å². The van der Waals surface area contributed by atoms with Crippen molar-refractivity contribution in [3.8, 4) is 5.88 Å². The van der Waals surface area contributed by atoms with E-state index in [0.29, 0.717) is 57.0 Å². The molecule has 2 aromatic heterocycles. The Hall–Kier alpha value is -4.49. The number of ether oxygens (including phenoxy) is 3. The second-order valence-corrected chi connectivity index (χ2v) is 12.4. The number of benzene rings is 1. The first-order valence-electron chi connectivity index (χ1n) is 15.3. The number of pyridine rings is 1. The third kappa shape index (κ3) is 7.26. The lowest BCUT2D eigenvalue weighted by Crippen LogP contribution is -2.42. The van der Waals surface area contributed by atoms with Gasteiger partial charge in [-0.1, -0.05) is 0 Å². The highest BCUT2D eigenvalue weighted by atomic mass is 16.6. The number of nitrogens with zero attached hydrogens (tertiary/aromatic N) is 6. The van der Waals surface area contributed by atoms with Crippen LogP contribution >= 0.6 is 0 Å². The highest BCUT2D eigenvalue weighted by Crippen LogP contribution is 2.39. The third-order valence-electron chi connectivity index (χ3n) is 7.87. The van der Waals surface area contributed by atoms with Gasteiger partial charge in [-0.2, -0.15) is 0 Å². The number of aromatic nitrogens is 3. The second kappa shape index (κ2) is 12.9. The van der Waals surface area contributed by atoms with Gasteiger partial charge >= 0.3 is 6.09 Å². The van der Waals surface area contributed by atoms with E-state index < -0.39 is 11.7 Å². The lowest BCUT2D eigenvalue weighted by atomic mass is 10.0. The summed E-state index contributed by atoms with van der Waals surface area (Å²) in [5, 5.41) is 6.24. The molecule has 1 aromatic carbocycles. The maximum absolute atomic E-state index is 13.1. The van der Waals surface area contributed by atoms with E-state index in [1.807, 2.05) is 58.2 Å². The molecule has 3 aromatic rings. The van der Waals surface area contributed by atoms with Crippen molar-refractivity contribution in [3.05, 3.63) is 53.5 Å². The van der Waals surface area contributed by atoms with Crippen LogP contribution in [0.15, 0.2) is 36.7 Å². The van der Waals surface area contributed by atoms with E-state index in [1.165, 1.54) is 0 Å². The molecule has 0 saturated carbocycles. The molecule has 2 amide bonds. The number of nitrogens with one attached hydrogen (secondary N) is 2. The van der Waals surface area contributed by atoms with Gasteiger partial charge in [0.15, 0.2) is 0 Å². The monoisotopic (exact) mass is 616 g/mol. The molecule has 0 bridgehead atoms. The molecule has 0 spiro atoms. The van der Waals surface area contributed by atoms with Gasteiger partial charge in [-0.25, -0.2) is 19.7 Å². The average molecular weight is 617 g/mol. The first-order chi connectivity index (χ1) is 21.6. The molecular formula is C32H40N8O5. The Bertz CT molecular complexity index is 1550. The maximum Gasteiger partial charge on any atom is 0.415 e. The van der Waals surface area contributed by atoms with Gasteiger partial charge in [-0.15, -0.1) is 0 Å². The average Bonchev–Trinajstić information content (AvgIpc) is 3.01. The molecule has 1 saturated heterocycles. The van der Waals surface area contributed by atoms with Crippen molar-refractivity contribution < 1.29 is 23.8 Å². The quantitative estimate of drug-likeness (QED) is 0.418. The molecule has 0 atom stereocenters. The lowest BCUT2D eigenvalue weighted by Gasteiger charge is -2.35. The van der Waals surface area contributed by atoms with Gasteiger partial charge in [0.2, 0.25) is 17.7 Å². The van der Waals surface area contributed by atoms with Gasteiger partial charge in [0.1, 0.15) is 17.9 Å². The van der Waals surface area contributed by atoms with Crippen LogP contribution in [0.1, 0.15) is 37.6 Å². The molecule has 0 unspecified atom stereocenters. The molecule has 13 heteroatoms. The summed E-state index contributed by atoms with van der Waals surface area (Å²) < 4.78 is 16.8. The number of amides is 2. The zero-order valence-corrected chi connectivity index (χ0v) is 26.3. The number of anilines is 5. The van der Waals surface area contributed by atoms with E-state index >= 15 is 0 Å². The summed E-state index contributed by atoms with van der Waals surface area (Å²) >= 11 is 0. The normalized spacial score (nSPS) is 16.7. The van der Waals surface area contributed by atoms with Crippen molar-refractivity contribution >= 4 is 40.7 Å². The largest absolute Gasteiger partial charge is 0.474 e. The number of fused-ring (bicyclic) bond motifs is 2. The predicted octanol–water partition coefficient (Wildman–Crippen LogP) is 3.89. The number of hydrogen-bond acceptors (Lipinski definition) is 11. The molecule has 1 fully saturated rings. The molecule has 3 aliphatic heterocycles. The van der Waals surface area contributed by atoms with Crippen LogP contribution in [0.2, 0.25) is 0 Å². The number of carbonyl (C=O) groups excluding carboxylic acids is 2. The highest BCUT2D eigenvalue weighted by molar-refractivity contribution is 5.93. The molecule has 238 valence electrons. The van der Waals surface area contributed by atoms with E-state index in [4.69, 9.17) is 19.2 Å². The fraction of sp³-hybridized carbons (Fsp3) is 0.469. The van der Waals surface area contributed by atoms with Gasteiger partial charge in [-0.05, 0) is 63.9 Å². The van der Waals surface area contributed by atoms with Crippen LogP contribution < -0.4 is 25.2 Å². The van der Waals surface area contributed by atoms with E-state index in [1.54, 1.807) is 11.1 Å². The number of morpholine rings is 1. The van der Waals surface area contributed by atoms with Crippen molar-refractivity contribution in [2.45, 2.75) is 46.3 Å². The van der Waals surface area contributed by atoms with Gasteiger partial charge < -0.3 is 29.7 Å². The van der Waals surface area contributed by atoms with Gasteiger partial charge in [0.05, 0.1) is 50.4 Å². The molecule has 13 nitrogen and oxygen atoms in total. The molecule has 2 N–H and O–H groups in total. The van der Waals surface area contributed by atoms with Crippen LogP contribution in [0.5, 0.6) is 5.88 Å². The van der Waals surface area contributed by atoms with Crippen molar-refractivity contribution in [2.24, 2.45) is 0 Å². The summed E-state index contributed by atoms with van der Waals surface area (Å²) in [6.07, 6.45) is 4.04. The minimum absolute atomic E-state index is 0.0466. The maximum atomic E-state index is 13.1. The van der Waals surface area contributed by atoms with Crippen molar-refractivity contribution in [3.63, 3.8) is 0 Å². The van der Waals surface area contributed by atoms with E-state index in [0.717, 1.165) is 59.9 Å². The Morgan fingerprint density at radius 3 is 2.49 bits per heavy atom. The van der Waals surface area contributed by atoms with E-state index in [2.05, 4.69) is 30.4 Å². The van der Waals surface area contributed by atoms with Crippen LogP contribution in [0.3, 0.4) is 0 Å². The lowest BCUT2D eigenvalue weighted by molar-refractivity contribution is -0.118. The molecule has 3 aliphatic rings. The minimum Gasteiger partial charge on any atom is -0.474 e. The molecular weight excluding hydrogens is 576 g/mol. The van der Waals surface area contributed by atoms with Gasteiger partial charge in [-0.3, -0.25) is 14.6 Å². The fourth-order valence-electron chi connectivity index (χ4n) is 5.64. The Labute approximate surface area is 262 Å². The van der Waals surface area contributed by atoms with Crippen LogP contribution in [-0.4, -0.2) is 90.0 Å². The van der Waals surface area contributed by atoms with Crippen LogP contribution in [0.25, 0.3) is 0 Å². The van der Waals surface area contributed by atoms with Gasteiger partial charge in [0.25, 0.3) is 0 Å². The zero-order valence-electron chi connectivity index (χ0n) is 26.3. The smallest absolute Gasteiger partial charge is 0.415 e.